The quantitative estimate of drug-likeness (QED) is 0.754. The molecule has 3 rings (SSSR count). The molecule has 1 aliphatic rings. The first kappa shape index (κ1) is 13.2. The first-order chi connectivity index (χ1) is 9.68. The van der Waals surface area contributed by atoms with Crippen LogP contribution in [-0.2, 0) is 11.3 Å². The number of carbonyl (C=O) groups excluding carboxylic acids is 1. The Labute approximate surface area is 127 Å². The van der Waals surface area contributed by atoms with Gasteiger partial charge < -0.3 is 4.90 Å². The average molecular weight is 304 g/mol. The molecule has 1 aliphatic heterocycles. The molecule has 4 heteroatoms. The van der Waals surface area contributed by atoms with Gasteiger partial charge in [-0.05, 0) is 11.6 Å². The summed E-state index contributed by atoms with van der Waals surface area (Å²) in [6.07, 6.45) is 0. The molecule has 0 atom stereocenters. The number of amides is 1. The number of nitrogens with zero attached hydrogens (tertiary/aromatic N) is 1. The largest absolute Gasteiger partial charge is 0.303 e. The normalized spacial score (nSPS) is 13.6. The number of halogens is 2. The highest BCUT2D eigenvalue weighted by atomic mass is 35.5. The van der Waals surface area contributed by atoms with E-state index in [2.05, 4.69) is 0 Å². The van der Waals surface area contributed by atoms with E-state index in [0.29, 0.717) is 12.1 Å². The van der Waals surface area contributed by atoms with Crippen LogP contribution in [0.5, 0.6) is 0 Å². The predicted octanol–water partition coefficient (Wildman–Crippen LogP) is 4.38. The zero-order valence-corrected chi connectivity index (χ0v) is 12.0. The highest BCUT2D eigenvalue weighted by Crippen LogP contribution is 2.40. The molecule has 2 aromatic rings. The minimum atomic E-state index is -0.157. The van der Waals surface area contributed by atoms with Crippen molar-refractivity contribution >= 4 is 40.4 Å². The second-order valence-corrected chi connectivity index (χ2v) is 5.48. The molecule has 0 spiro atoms. The molecule has 2 aromatic carbocycles. The van der Waals surface area contributed by atoms with Crippen molar-refractivity contribution in [1.82, 2.24) is 0 Å². The molecule has 0 aliphatic carbocycles. The van der Waals surface area contributed by atoms with Crippen LogP contribution in [0.4, 0.5) is 5.69 Å². The van der Waals surface area contributed by atoms with Gasteiger partial charge in [0.15, 0.2) is 0 Å². The van der Waals surface area contributed by atoms with E-state index in [-0.39, 0.29) is 10.4 Å². The van der Waals surface area contributed by atoms with Crippen LogP contribution in [0.2, 0.25) is 0 Å². The predicted molar refractivity (Wildman–Crippen MR) is 82.7 cm³/mol. The van der Waals surface area contributed by atoms with Gasteiger partial charge in [-0.15, -0.1) is 0 Å². The smallest absolute Gasteiger partial charge is 0.261 e. The molecule has 0 fully saturated rings. The summed E-state index contributed by atoms with van der Waals surface area (Å²) in [5.74, 6) is -0.157. The molecule has 20 heavy (non-hydrogen) atoms. The Morgan fingerprint density at radius 3 is 2.30 bits per heavy atom. The van der Waals surface area contributed by atoms with Gasteiger partial charge in [-0.25, -0.2) is 0 Å². The van der Waals surface area contributed by atoms with Crippen molar-refractivity contribution in [2.75, 3.05) is 4.90 Å². The third-order valence-electron chi connectivity index (χ3n) is 3.30. The van der Waals surface area contributed by atoms with E-state index >= 15 is 0 Å². The molecule has 0 bridgehead atoms. The second-order valence-electron chi connectivity index (χ2n) is 4.53. The van der Waals surface area contributed by atoms with Crippen molar-refractivity contribution in [1.29, 1.82) is 0 Å². The second kappa shape index (κ2) is 5.31. The molecule has 100 valence electrons. The molecular formula is C16H11Cl2NO. The summed E-state index contributed by atoms with van der Waals surface area (Å²) in [6.45, 7) is 0.501. The Balaban J connectivity index is 2.05. The molecule has 0 N–H and O–H groups in total. The van der Waals surface area contributed by atoms with E-state index in [4.69, 9.17) is 23.2 Å². The van der Waals surface area contributed by atoms with Crippen molar-refractivity contribution < 1.29 is 4.79 Å². The molecule has 2 nitrogen and oxygen atoms in total. The summed E-state index contributed by atoms with van der Waals surface area (Å²) in [7, 11) is 0. The molecule has 0 saturated carbocycles. The number of carbonyl (C=O) groups is 1. The van der Waals surface area contributed by atoms with Crippen LogP contribution in [0.25, 0.3) is 5.57 Å². The molecule has 1 amide bonds. The summed E-state index contributed by atoms with van der Waals surface area (Å²) >= 11 is 11.7. The molecule has 0 aromatic heterocycles. The highest BCUT2D eigenvalue weighted by Gasteiger charge is 2.33. The Kier molecular flexibility index (Phi) is 3.51. The van der Waals surface area contributed by atoms with E-state index in [1.165, 1.54) is 0 Å². The third kappa shape index (κ3) is 2.21. The van der Waals surface area contributed by atoms with Gasteiger partial charge in [0.25, 0.3) is 5.91 Å². The third-order valence-corrected chi connectivity index (χ3v) is 3.67. The van der Waals surface area contributed by atoms with Gasteiger partial charge in [-0.1, -0.05) is 71.7 Å². The van der Waals surface area contributed by atoms with Crippen LogP contribution < -0.4 is 4.90 Å². The summed E-state index contributed by atoms with van der Waals surface area (Å²) in [6, 6.07) is 17.4. The van der Waals surface area contributed by atoms with Crippen molar-refractivity contribution in [3.05, 3.63) is 70.2 Å². The minimum absolute atomic E-state index is 0.0120. The Bertz CT molecular complexity index is 691. The van der Waals surface area contributed by atoms with Crippen molar-refractivity contribution in [2.45, 2.75) is 6.54 Å². The van der Waals surface area contributed by atoms with Crippen LogP contribution in [0.1, 0.15) is 11.1 Å². The van der Waals surface area contributed by atoms with Crippen molar-refractivity contribution in [3.8, 4) is 0 Å². The molecule has 0 unspecified atom stereocenters. The maximum atomic E-state index is 12.5. The van der Waals surface area contributed by atoms with Crippen molar-refractivity contribution in [2.24, 2.45) is 0 Å². The molecule has 0 radical (unpaired) electrons. The van der Waals surface area contributed by atoms with Gasteiger partial charge in [0.2, 0.25) is 0 Å². The highest BCUT2D eigenvalue weighted by molar-refractivity contribution is 6.62. The van der Waals surface area contributed by atoms with Gasteiger partial charge in [-0.3, -0.25) is 4.79 Å². The van der Waals surface area contributed by atoms with Crippen LogP contribution in [0.15, 0.2) is 59.1 Å². The summed E-state index contributed by atoms with van der Waals surface area (Å²) in [5, 5.41) is 0. The number of rotatable bonds is 2. The van der Waals surface area contributed by atoms with E-state index < -0.39 is 0 Å². The Morgan fingerprint density at radius 2 is 1.60 bits per heavy atom. The number of benzene rings is 2. The zero-order chi connectivity index (χ0) is 14.1. The van der Waals surface area contributed by atoms with Crippen molar-refractivity contribution in [3.63, 3.8) is 0 Å². The van der Waals surface area contributed by atoms with E-state index in [1.54, 1.807) is 4.90 Å². The van der Waals surface area contributed by atoms with Crippen LogP contribution in [0, 0.1) is 0 Å². The standard InChI is InChI=1S/C16H11Cl2NO/c17-15(18)14-12-8-4-5-9-13(12)19(16(14)20)10-11-6-2-1-3-7-11/h1-9H,10H2. The maximum Gasteiger partial charge on any atom is 0.261 e. The van der Waals surface area contributed by atoms with Gasteiger partial charge in [0, 0.05) is 5.56 Å². The van der Waals surface area contributed by atoms with Crippen LogP contribution in [0.3, 0.4) is 0 Å². The van der Waals surface area contributed by atoms with Gasteiger partial charge >= 0.3 is 0 Å². The molecule has 1 heterocycles. The lowest BCUT2D eigenvalue weighted by molar-refractivity contribution is -0.113. The monoisotopic (exact) mass is 303 g/mol. The van der Waals surface area contributed by atoms with E-state index in [9.17, 15) is 4.79 Å². The first-order valence-corrected chi connectivity index (χ1v) is 6.94. The minimum Gasteiger partial charge on any atom is -0.303 e. The Hall–Kier alpha value is -1.77. The number of anilines is 1. The lowest BCUT2D eigenvalue weighted by Crippen LogP contribution is -2.25. The lowest BCUT2D eigenvalue weighted by Gasteiger charge is -2.17. The summed E-state index contributed by atoms with van der Waals surface area (Å²) in [4.78, 5) is 14.2. The fourth-order valence-electron chi connectivity index (χ4n) is 2.39. The van der Waals surface area contributed by atoms with Crippen LogP contribution in [-0.4, -0.2) is 5.91 Å². The summed E-state index contributed by atoms with van der Waals surface area (Å²) < 4.78 is 0.0120. The lowest BCUT2D eigenvalue weighted by atomic mass is 10.1. The van der Waals surface area contributed by atoms with Crippen LogP contribution >= 0.6 is 23.2 Å². The summed E-state index contributed by atoms with van der Waals surface area (Å²) in [5.41, 5.74) is 3.06. The SMILES string of the molecule is O=C1C(=C(Cl)Cl)c2ccccc2N1Cc1ccccc1. The zero-order valence-electron chi connectivity index (χ0n) is 10.5. The average Bonchev–Trinajstić information content (AvgIpc) is 2.73. The topological polar surface area (TPSA) is 20.3 Å². The fraction of sp³-hybridized carbons (Fsp3) is 0.0625. The number of hydrogen-bond acceptors (Lipinski definition) is 1. The van der Waals surface area contributed by atoms with Gasteiger partial charge in [0.05, 0.1) is 17.8 Å². The van der Waals surface area contributed by atoms with Gasteiger partial charge in [-0.2, -0.15) is 0 Å². The fourth-order valence-corrected chi connectivity index (χ4v) is 2.75. The number of para-hydroxylation sites is 1. The van der Waals surface area contributed by atoms with E-state index in [0.717, 1.165) is 16.8 Å². The molecular weight excluding hydrogens is 293 g/mol. The Morgan fingerprint density at radius 1 is 0.950 bits per heavy atom. The van der Waals surface area contributed by atoms with E-state index in [1.807, 2.05) is 54.6 Å². The maximum absolute atomic E-state index is 12.5. The van der Waals surface area contributed by atoms with Gasteiger partial charge in [0.1, 0.15) is 4.49 Å². The number of hydrogen-bond donors (Lipinski definition) is 0. The number of fused-ring (bicyclic) bond motifs is 1. The molecule has 0 saturated heterocycles. The first-order valence-electron chi connectivity index (χ1n) is 6.19.